The fraction of sp³-hybridized carbons (Fsp3) is 0.200. The Morgan fingerprint density at radius 1 is 1.04 bits per heavy atom. The molecule has 0 radical (unpaired) electrons. The summed E-state index contributed by atoms with van der Waals surface area (Å²) < 4.78 is 0. The van der Waals surface area contributed by atoms with E-state index in [1.807, 2.05) is 38.1 Å². The smallest absolute Gasteiger partial charge is 0.253 e. The van der Waals surface area contributed by atoms with Crippen molar-refractivity contribution in [1.82, 2.24) is 5.32 Å². The summed E-state index contributed by atoms with van der Waals surface area (Å²) in [5, 5.41) is 5.58. The lowest BCUT2D eigenvalue weighted by Crippen LogP contribution is -2.25. The summed E-state index contributed by atoms with van der Waals surface area (Å²) in [6.07, 6.45) is 4.07. The first-order valence-corrected chi connectivity index (χ1v) is 8.03. The lowest BCUT2D eigenvalue weighted by Gasteiger charge is -2.09. The lowest BCUT2D eigenvalue weighted by molar-refractivity contribution is -0.111. The minimum absolute atomic E-state index is 0.185. The van der Waals surface area contributed by atoms with Crippen molar-refractivity contribution in [3.8, 4) is 0 Å². The molecule has 0 fully saturated rings. The fourth-order valence-corrected chi connectivity index (χ4v) is 2.15. The maximum Gasteiger partial charge on any atom is 0.253 e. The number of hydrogen-bond donors (Lipinski definition) is 2. The number of rotatable bonds is 6. The second-order valence-corrected chi connectivity index (χ2v) is 5.53. The van der Waals surface area contributed by atoms with Crippen LogP contribution >= 0.6 is 0 Å². The lowest BCUT2D eigenvalue weighted by atomic mass is 10.1. The largest absolute Gasteiger partial charge is 0.352 e. The molecular weight excluding hydrogens is 300 g/mol. The van der Waals surface area contributed by atoms with Gasteiger partial charge in [-0.2, -0.15) is 0 Å². The molecule has 24 heavy (non-hydrogen) atoms. The van der Waals surface area contributed by atoms with Crippen LogP contribution in [0, 0.1) is 6.92 Å². The van der Waals surface area contributed by atoms with Gasteiger partial charge in [0.15, 0.2) is 0 Å². The zero-order valence-corrected chi connectivity index (χ0v) is 14.0. The molecule has 2 amide bonds. The Kier molecular flexibility index (Phi) is 6.32. The second kappa shape index (κ2) is 8.67. The number of carbonyl (C=O) groups is 2. The van der Waals surface area contributed by atoms with Crippen LogP contribution in [0.3, 0.4) is 0 Å². The van der Waals surface area contributed by atoms with E-state index in [0.717, 1.165) is 12.0 Å². The minimum Gasteiger partial charge on any atom is -0.352 e. The van der Waals surface area contributed by atoms with Crippen LogP contribution in [0.15, 0.2) is 54.6 Å². The molecule has 0 bridgehead atoms. The average Bonchev–Trinajstić information content (AvgIpc) is 2.59. The highest BCUT2D eigenvalue weighted by atomic mass is 16.2. The Bertz CT molecular complexity index is 734. The third-order valence-electron chi connectivity index (χ3n) is 3.47. The molecule has 0 aliphatic rings. The molecule has 124 valence electrons. The van der Waals surface area contributed by atoms with Crippen LogP contribution in [0.2, 0.25) is 0 Å². The van der Waals surface area contributed by atoms with Crippen LogP contribution in [-0.4, -0.2) is 18.4 Å². The molecular formula is C20H22N2O2. The van der Waals surface area contributed by atoms with E-state index in [-0.39, 0.29) is 11.8 Å². The topological polar surface area (TPSA) is 58.2 Å². The van der Waals surface area contributed by atoms with Gasteiger partial charge in [-0.3, -0.25) is 9.59 Å². The Morgan fingerprint density at radius 3 is 2.46 bits per heavy atom. The van der Waals surface area contributed by atoms with E-state index in [1.54, 1.807) is 30.3 Å². The highest BCUT2D eigenvalue weighted by molar-refractivity contribution is 6.07. The van der Waals surface area contributed by atoms with E-state index < -0.39 is 0 Å². The number of nitrogens with one attached hydrogen (secondary N) is 2. The van der Waals surface area contributed by atoms with Gasteiger partial charge >= 0.3 is 0 Å². The van der Waals surface area contributed by atoms with E-state index in [2.05, 4.69) is 10.6 Å². The zero-order valence-electron chi connectivity index (χ0n) is 14.0. The normalized spacial score (nSPS) is 10.6. The molecule has 2 rings (SSSR count). The maximum absolute atomic E-state index is 12.1. The van der Waals surface area contributed by atoms with Crippen molar-refractivity contribution in [2.45, 2.75) is 20.3 Å². The molecule has 0 aromatic heterocycles. The molecule has 0 atom stereocenters. The molecule has 0 spiro atoms. The molecule has 0 saturated heterocycles. The summed E-state index contributed by atoms with van der Waals surface area (Å²) in [5.74, 6) is -0.457. The number of carbonyl (C=O) groups excluding carboxylic acids is 2. The van der Waals surface area contributed by atoms with Gasteiger partial charge in [-0.1, -0.05) is 48.9 Å². The standard InChI is InChI=1S/C20H22N2O2/c1-3-14-21-20(24)17-6-4-5-7-18(17)22-19(23)13-12-16-10-8-15(2)9-11-16/h4-13H,3,14H2,1-2H3,(H,21,24)(H,22,23)/b13-12+. The Hall–Kier alpha value is -2.88. The summed E-state index contributed by atoms with van der Waals surface area (Å²) in [6, 6.07) is 14.9. The van der Waals surface area contributed by atoms with E-state index in [9.17, 15) is 9.59 Å². The van der Waals surface area contributed by atoms with Crippen LogP contribution in [-0.2, 0) is 4.79 Å². The van der Waals surface area contributed by atoms with Crippen molar-refractivity contribution in [1.29, 1.82) is 0 Å². The molecule has 4 heteroatoms. The number of para-hydroxylation sites is 1. The van der Waals surface area contributed by atoms with Gasteiger partial charge in [-0.05, 0) is 37.1 Å². The van der Waals surface area contributed by atoms with Crippen LogP contribution in [0.4, 0.5) is 5.69 Å². The van der Waals surface area contributed by atoms with Crippen LogP contribution in [0.5, 0.6) is 0 Å². The number of hydrogen-bond acceptors (Lipinski definition) is 2. The van der Waals surface area contributed by atoms with Crippen molar-refractivity contribution in [2.75, 3.05) is 11.9 Å². The molecule has 0 heterocycles. The highest BCUT2D eigenvalue weighted by Gasteiger charge is 2.11. The molecule has 2 aromatic carbocycles. The van der Waals surface area contributed by atoms with E-state index in [4.69, 9.17) is 0 Å². The van der Waals surface area contributed by atoms with Crippen LogP contribution in [0.25, 0.3) is 6.08 Å². The third kappa shape index (κ3) is 5.09. The molecule has 0 aliphatic carbocycles. The summed E-state index contributed by atoms with van der Waals surface area (Å²) in [7, 11) is 0. The van der Waals surface area contributed by atoms with Gasteiger partial charge in [0.25, 0.3) is 5.91 Å². The Morgan fingerprint density at radius 2 is 1.75 bits per heavy atom. The average molecular weight is 322 g/mol. The van der Waals surface area contributed by atoms with Gasteiger partial charge in [0.05, 0.1) is 11.3 Å². The van der Waals surface area contributed by atoms with Crippen LogP contribution in [0.1, 0.15) is 34.8 Å². The maximum atomic E-state index is 12.1. The van der Waals surface area contributed by atoms with Gasteiger partial charge in [-0.15, -0.1) is 0 Å². The van der Waals surface area contributed by atoms with Gasteiger partial charge in [-0.25, -0.2) is 0 Å². The van der Waals surface area contributed by atoms with Gasteiger partial charge in [0.2, 0.25) is 5.91 Å². The number of anilines is 1. The quantitative estimate of drug-likeness (QED) is 0.795. The van der Waals surface area contributed by atoms with Crippen molar-refractivity contribution >= 4 is 23.6 Å². The van der Waals surface area contributed by atoms with E-state index in [1.165, 1.54) is 11.6 Å². The Balaban J connectivity index is 2.06. The second-order valence-electron chi connectivity index (χ2n) is 5.53. The molecule has 2 aromatic rings. The fourth-order valence-electron chi connectivity index (χ4n) is 2.15. The molecule has 0 aliphatic heterocycles. The predicted molar refractivity (Wildman–Crippen MR) is 97.9 cm³/mol. The van der Waals surface area contributed by atoms with Crippen molar-refractivity contribution in [3.63, 3.8) is 0 Å². The first-order valence-electron chi connectivity index (χ1n) is 8.03. The van der Waals surface area contributed by atoms with Gasteiger partial charge < -0.3 is 10.6 Å². The third-order valence-corrected chi connectivity index (χ3v) is 3.47. The summed E-state index contributed by atoms with van der Waals surface area (Å²) in [4.78, 5) is 24.2. The number of aryl methyl sites for hydroxylation is 1. The molecule has 4 nitrogen and oxygen atoms in total. The Labute approximate surface area is 142 Å². The summed E-state index contributed by atoms with van der Waals surface area (Å²) in [6.45, 7) is 4.61. The SMILES string of the molecule is CCCNC(=O)c1ccccc1NC(=O)/C=C/c1ccc(C)cc1. The van der Waals surface area contributed by atoms with Crippen molar-refractivity contribution in [2.24, 2.45) is 0 Å². The van der Waals surface area contributed by atoms with Gasteiger partial charge in [0, 0.05) is 12.6 Å². The summed E-state index contributed by atoms with van der Waals surface area (Å²) >= 11 is 0. The molecule has 2 N–H and O–H groups in total. The van der Waals surface area contributed by atoms with Gasteiger partial charge in [0.1, 0.15) is 0 Å². The van der Waals surface area contributed by atoms with E-state index in [0.29, 0.717) is 17.8 Å². The molecule has 0 saturated carbocycles. The first-order chi connectivity index (χ1) is 11.6. The minimum atomic E-state index is -0.272. The van der Waals surface area contributed by atoms with E-state index >= 15 is 0 Å². The molecule has 0 unspecified atom stereocenters. The zero-order chi connectivity index (χ0) is 17.4. The number of benzene rings is 2. The highest BCUT2D eigenvalue weighted by Crippen LogP contribution is 2.15. The first kappa shape index (κ1) is 17.5. The summed E-state index contributed by atoms with van der Waals surface area (Å²) in [5.41, 5.74) is 3.08. The van der Waals surface area contributed by atoms with Crippen molar-refractivity contribution < 1.29 is 9.59 Å². The van der Waals surface area contributed by atoms with Crippen molar-refractivity contribution in [3.05, 3.63) is 71.3 Å². The predicted octanol–water partition coefficient (Wildman–Crippen LogP) is 3.79. The number of amides is 2. The monoisotopic (exact) mass is 322 g/mol. The van der Waals surface area contributed by atoms with Crippen LogP contribution < -0.4 is 10.6 Å².